The number of rotatable bonds is 7. The van der Waals surface area contributed by atoms with Crippen LogP contribution in [-0.2, 0) is 6.42 Å². The molecule has 0 radical (unpaired) electrons. The third kappa shape index (κ3) is 7.36. The van der Waals surface area contributed by atoms with E-state index in [1.807, 2.05) is 18.3 Å². The Kier molecular flexibility index (Phi) is 10.3. The third-order valence-corrected chi connectivity index (χ3v) is 4.72. The fourth-order valence-electron chi connectivity index (χ4n) is 2.11. The van der Waals surface area contributed by atoms with Crippen molar-refractivity contribution in [1.82, 2.24) is 15.6 Å². The second-order valence-corrected chi connectivity index (χ2v) is 6.67. The molecule has 4 nitrogen and oxygen atoms in total. The number of aliphatic imine (C=N–C) groups is 1. The fraction of sp³-hybridized carbons (Fsp3) is 0.412. The second kappa shape index (κ2) is 11.7. The Balaban J connectivity index is 0.00000288. The van der Waals surface area contributed by atoms with Crippen LogP contribution in [0.15, 0.2) is 40.8 Å². The Morgan fingerprint density at radius 2 is 2.17 bits per heavy atom. The summed E-state index contributed by atoms with van der Waals surface area (Å²) >= 11 is 7.58. The lowest BCUT2D eigenvalue weighted by Crippen LogP contribution is -2.38. The minimum Gasteiger partial charge on any atom is -0.357 e. The first-order chi connectivity index (χ1) is 11.2. The van der Waals surface area contributed by atoms with E-state index in [1.165, 1.54) is 4.88 Å². The van der Waals surface area contributed by atoms with Crippen molar-refractivity contribution in [1.29, 1.82) is 0 Å². The number of pyridine rings is 1. The number of guanidine groups is 1. The first-order valence-electron chi connectivity index (χ1n) is 7.85. The Morgan fingerprint density at radius 3 is 2.79 bits per heavy atom. The van der Waals surface area contributed by atoms with Gasteiger partial charge in [0.1, 0.15) is 5.15 Å². The molecule has 2 N–H and O–H groups in total. The third-order valence-electron chi connectivity index (χ3n) is 3.39. The van der Waals surface area contributed by atoms with E-state index >= 15 is 0 Å². The second-order valence-electron chi connectivity index (χ2n) is 5.30. The van der Waals surface area contributed by atoms with Crippen LogP contribution in [0.2, 0.25) is 5.15 Å². The molecule has 1 unspecified atom stereocenters. The van der Waals surface area contributed by atoms with E-state index in [4.69, 9.17) is 11.6 Å². The largest absolute Gasteiger partial charge is 0.357 e. The predicted octanol–water partition coefficient (Wildman–Crippen LogP) is 4.32. The summed E-state index contributed by atoms with van der Waals surface area (Å²) < 4.78 is 0. The molecule has 2 heterocycles. The lowest BCUT2D eigenvalue weighted by Gasteiger charge is -2.13. The van der Waals surface area contributed by atoms with Crippen molar-refractivity contribution in [3.8, 4) is 0 Å². The maximum absolute atomic E-state index is 5.80. The van der Waals surface area contributed by atoms with Crippen LogP contribution in [0.3, 0.4) is 0 Å². The molecule has 0 aliphatic rings. The highest BCUT2D eigenvalue weighted by Gasteiger charge is 2.06. The summed E-state index contributed by atoms with van der Waals surface area (Å²) in [7, 11) is 0. The summed E-state index contributed by atoms with van der Waals surface area (Å²) in [5.41, 5.74) is 1.16. The zero-order valence-electron chi connectivity index (χ0n) is 14.0. The van der Waals surface area contributed by atoms with Crippen molar-refractivity contribution in [2.75, 3.05) is 19.6 Å². The molecular weight excluding hydrogens is 455 g/mol. The average molecular weight is 479 g/mol. The molecule has 0 saturated heterocycles. The highest BCUT2D eigenvalue weighted by Crippen LogP contribution is 2.20. The Hall–Kier alpha value is -0.860. The Bertz CT molecular complexity index is 602. The maximum Gasteiger partial charge on any atom is 0.191 e. The molecule has 0 bridgehead atoms. The maximum atomic E-state index is 5.80. The molecule has 0 aliphatic heterocycles. The molecule has 132 valence electrons. The Morgan fingerprint density at radius 1 is 1.33 bits per heavy atom. The molecule has 7 heteroatoms. The van der Waals surface area contributed by atoms with Crippen LogP contribution in [0.4, 0.5) is 0 Å². The van der Waals surface area contributed by atoms with Gasteiger partial charge in [0.25, 0.3) is 0 Å². The van der Waals surface area contributed by atoms with Crippen LogP contribution in [-0.4, -0.2) is 30.6 Å². The van der Waals surface area contributed by atoms with E-state index in [0.717, 1.165) is 37.6 Å². The monoisotopic (exact) mass is 478 g/mol. The highest BCUT2D eigenvalue weighted by atomic mass is 127. The quantitative estimate of drug-likeness (QED) is 0.270. The van der Waals surface area contributed by atoms with Crippen LogP contribution in [0.1, 0.15) is 30.2 Å². The van der Waals surface area contributed by atoms with E-state index in [1.54, 1.807) is 11.3 Å². The van der Waals surface area contributed by atoms with Gasteiger partial charge in [0, 0.05) is 30.1 Å². The molecule has 0 fully saturated rings. The molecule has 24 heavy (non-hydrogen) atoms. The molecule has 0 spiro atoms. The van der Waals surface area contributed by atoms with Crippen molar-refractivity contribution in [3.63, 3.8) is 0 Å². The fourth-order valence-corrected chi connectivity index (χ4v) is 3.00. The number of nitrogens with zero attached hydrogens (tertiary/aromatic N) is 2. The molecule has 0 saturated carbocycles. The number of hydrogen-bond acceptors (Lipinski definition) is 3. The predicted molar refractivity (Wildman–Crippen MR) is 115 cm³/mol. The normalized spacial score (nSPS) is 12.4. The number of halogens is 2. The first kappa shape index (κ1) is 21.2. The number of aromatic nitrogens is 1. The number of thiophene rings is 1. The summed E-state index contributed by atoms with van der Waals surface area (Å²) in [6, 6.07) is 8.07. The van der Waals surface area contributed by atoms with E-state index in [2.05, 4.69) is 52.0 Å². The van der Waals surface area contributed by atoms with Gasteiger partial charge < -0.3 is 10.6 Å². The van der Waals surface area contributed by atoms with E-state index < -0.39 is 0 Å². The number of hydrogen-bond donors (Lipinski definition) is 2. The first-order valence-corrected chi connectivity index (χ1v) is 9.10. The zero-order chi connectivity index (χ0) is 16.5. The van der Waals surface area contributed by atoms with Gasteiger partial charge in [-0.25, -0.2) is 4.98 Å². The van der Waals surface area contributed by atoms with Gasteiger partial charge in [-0.15, -0.1) is 35.3 Å². The van der Waals surface area contributed by atoms with E-state index in [-0.39, 0.29) is 24.0 Å². The molecule has 0 amide bonds. The minimum absolute atomic E-state index is 0. The van der Waals surface area contributed by atoms with Gasteiger partial charge >= 0.3 is 0 Å². The highest BCUT2D eigenvalue weighted by molar-refractivity contribution is 14.0. The van der Waals surface area contributed by atoms with Crippen LogP contribution >= 0.6 is 46.9 Å². The standard InChI is InChI=1S/C17H23ClN4S.HI/c1-3-19-17(22-11-13(2)15-5-4-10-23-15)20-9-8-14-6-7-16(18)21-12-14;/h4-7,10,12-13H,3,8-9,11H2,1-2H3,(H2,19,20,22);1H. The van der Waals surface area contributed by atoms with Crippen molar-refractivity contribution in [2.24, 2.45) is 4.99 Å². The summed E-state index contributed by atoms with van der Waals surface area (Å²) in [6.45, 7) is 6.71. The van der Waals surface area contributed by atoms with Crippen molar-refractivity contribution in [2.45, 2.75) is 26.2 Å². The van der Waals surface area contributed by atoms with Crippen LogP contribution in [0.5, 0.6) is 0 Å². The van der Waals surface area contributed by atoms with Gasteiger partial charge in [0.15, 0.2) is 5.96 Å². The molecule has 2 aromatic heterocycles. The van der Waals surface area contributed by atoms with Gasteiger partial charge in [-0.3, -0.25) is 4.99 Å². The number of nitrogens with one attached hydrogen (secondary N) is 2. The van der Waals surface area contributed by atoms with Gasteiger partial charge in [-0.05, 0) is 36.4 Å². The van der Waals surface area contributed by atoms with Crippen LogP contribution < -0.4 is 10.6 Å². The van der Waals surface area contributed by atoms with Gasteiger partial charge in [-0.1, -0.05) is 30.7 Å². The summed E-state index contributed by atoms with van der Waals surface area (Å²) in [5, 5.41) is 9.29. The summed E-state index contributed by atoms with van der Waals surface area (Å²) in [5.74, 6) is 1.30. The van der Waals surface area contributed by atoms with Crippen LogP contribution in [0.25, 0.3) is 0 Å². The molecule has 2 aromatic rings. The van der Waals surface area contributed by atoms with Crippen LogP contribution in [0, 0.1) is 0 Å². The van der Waals surface area contributed by atoms with Crippen molar-refractivity contribution in [3.05, 3.63) is 51.4 Å². The van der Waals surface area contributed by atoms with Crippen molar-refractivity contribution >= 4 is 52.9 Å². The smallest absolute Gasteiger partial charge is 0.191 e. The summed E-state index contributed by atoms with van der Waals surface area (Å²) in [6.07, 6.45) is 2.70. The van der Waals surface area contributed by atoms with E-state index in [0.29, 0.717) is 11.1 Å². The lowest BCUT2D eigenvalue weighted by atomic mass is 10.1. The summed E-state index contributed by atoms with van der Waals surface area (Å²) in [4.78, 5) is 10.1. The minimum atomic E-state index is 0. The molecule has 0 aromatic carbocycles. The Labute approximate surface area is 170 Å². The van der Waals surface area contributed by atoms with Gasteiger partial charge in [-0.2, -0.15) is 0 Å². The van der Waals surface area contributed by atoms with Crippen molar-refractivity contribution < 1.29 is 0 Å². The SMILES string of the molecule is CCNC(=NCC(C)c1cccs1)NCCc1ccc(Cl)nc1.I. The molecule has 0 aliphatic carbocycles. The molecular formula is C17H24ClIN4S. The average Bonchev–Trinajstić information content (AvgIpc) is 3.08. The lowest BCUT2D eigenvalue weighted by molar-refractivity contribution is 0.754. The molecule has 2 rings (SSSR count). The zero-order valence-corrected chi connectivity index (χ0v) is 17.9. The van der Waals surface area contributed by atoms with E-state index in [9.17, 15) is 0 Å². The topological polar surface area (TPSA) is 49.3 Å². The molecule has 1 atom stereocenters. The van der Waals surface area contributed by atoms with Gasteiger partial charge in [0.05, 0.1) is 6.54 Å². The van der Waals surface area contributed by atoms with Gasteiger partial charge in [0.2, 0.25) is 0 Å².